The summed E-state index contributed by atoms with van der Waals surface area (Å²) in [5.74, 6) is 0.829. The van der Waals surface area contributed by atoms with Crippen LogP contribution in [-0.4, -0.2) is 20.4 Å². The van der Waals surface area contributed by atoms with E-state index in [0.29, 0.717) is 17.3 Å². The van der Waals surface area contributed by atoms with Crippen molar-refractivity contribution in [2.45, 2.75) is 31.6 Å². The van der Waals surface area contributed by atoms with Gasteiger partial charge in [0.1, 0.15) is 10.1 Å². The van der Waals surface area contributed by atoms with Crippen LogP contribution in [-0.2, 0) is 24.2 Å². The molecule has 1 amide bonds. The molecule has 0 unspecified atom stereocenters. The molecule has 0 aliphatic carbocycles. The van der Waals surface area contributed by atoms with Gasteiger partial charge in [0.2, 0.25) is 5.91 Å². The first-order valence-corrected chi connectivity index (χ1v) is 8.58. The lowest BCUT2D eigenvalue weighted by molar-refractivity contribution is -0.126. The number of aryl methyl sites for hydroxylation is 1. The van der Waals surface area contributed by atoms with Crippen LogP contribution in [0.2, 0.25) is 0 Å². The fraction of sp³-hybridized carbons (Fsp3) is 0.294. The quantitative estimate of drug-likeness (QED) is 0.780. The Morgan fingerprint density at radius 3 is 2.59 bits per heavy atom. The van der Waals surface area contributed by atoms with Crippen molar-refractivity contribution in [2.24, 2.45) is 0 Å². The van der Waals surface area contributed by atoms with Gasteiger partial charge in [0.05, 0.1) is 18.1 Å². The number of hydrogen-bond acceptors (Lipinski definition) is 4. The summed E-state index contributed by atoms with van der Waals surface area (Å²) in [6.45, 7) is 2.55. The molecule has 0 saturated carbocycles. The number of carbonyl (C=O) groups excluding carboxylic acids is 1. The number of hydrogen-bond donors (Lipinski definition) is 0. The first-order valence-electron chi connectivity index (χ1n) is 7.29. The average Bonchev–Trinajstić information content (AvgIpc) is 3.13. The molecule has 0 radical (unpaired) electrons. The lowest BCUT2D eigenvalue weighted by Gasteiger charge is -2.13. The van der Waals surface area contributed by atoms with Gasteiger partial charge in [-0.25, -0.2) is 0 Å². The summed E-state index contributed by atoms with van der Waals surface area (Å²) in [5.41, 5.74) is 2.48. The van der Waals surface area contributed by atoms with Gasteiger partial charge in [-0.2, -0.15) is 0 Å². The first kappa shape index (κ1) is 15.3. The van der Waals surface area contributed by atoms with E-state index in [1.165, 1.54) is 22.9 Å². The number of thioether (sulfide) groups is 1. The molecule has 0 N–H and O–H groups in total. The molecule has 1 atom stereocenters. The summed E-state index contributed by atoms with van der Waals surface area (Å²) >= 11 is 6.82. The number of carbonyl (C=O) groups is 1. The van der Waals surface area contributed by atoms with E-state index in [2.05, 4.69) is 31.2 Å². The van der Waals surface area contributed by atoms with Crippen molar-refractivity contribution < 1.29 is 9.21 Å². The van der Waals surface area contributed by atoms with Crippen molar-refractivity contribution in [3.05, 3.63) is 59.5 Å². The highest BCUT2D eigenvalue weighted by Crippen LogP contribution is 2.31. The van der Waals surface area contributed by atoms with E-state index in [1.807, 2.05) is 12.1 Å². The largest absolute Gasteiger partial charge is 0.467 e. The molecular formula is C17H17NO2S2. The summed E-state index contributed by atoms with van der Waals surface area (Å²) in [4.78, 5) is 14.2. The minimum atomic E-state index is -0.130. The van der Waals surface area contributed by atoms with Crippen molar-refractivity contribution >= 4 is 34.2 Å². The van der Waals surface area contributed by atoms with E-state index in [0.717, 1.165) is 12.2 Å². The van der Waals surface area contributed by atoms with Gasteiger partial charge in [-0.15, -0.1) is 0 Å². The third-order valence-electron chi connectivity index (χ3n) is 3.75. The minimum Gasteiger partial charge on any atom is -0.467 e. The maximum absolute atomic E-state index is 12.5. The summed E-state index contributed by atoms with van der Waals surface area (Å²) in [6, 6.07) is 12.1. The molecule has 114 valence electrons. The fourth-order valence-electron chi connectivity index (χ4n) is 2.45. The van der Waals surface area contributed by atoms with Gasteiger partial charge >= 0.3 is 0 Å². The highest BCUT2D eigenvalue weighted by molar-refractivity contribution is 8.24. The number of thiocarbonyl (C=S) groups is 1. The second kappa shape index (κ2) is 6.67. The molecule has 5 heteroatoms. The standard InChI is InChI=1S/C17H17NO2S2/c1-2-12-5-7-13(8-6-12)10-15-16(19)18(17(21)22-15)11-14-4-3-9-20-14/h3-9,15H,2,10-11H2,1H3/t15-/m0/s1. The number of furan rings is 1. The summed E-state index contributed by atoms with van der Waals surface area (Å²) in [5, 5.41) is -0.130. The van der Waals surface area contributed by atoms with Crippen molar-refractivity contribution in [3.63, 3.8) is 0 Å². The van der Waals surface area contributed by atoms with Crippen LogP contribution in [0.25, 0.3) is 0 Å². The molecule has 1 aliphatic rings. The summed E-state index contributed by atoms with van der Waals surface area (Å²) in [7, 11) is 0. The molecular weight excluding hydrogens is 314 g/mol. The number of amides is 1. The summed E-state index contributed by atoms with van der Waals surface area (Å²) in [6.07, 6.45) is 3.35. The SMILES string of the molecule is CCc1ccc(C[C@@H]2SC(=S)N(Cc3ccco3)C2=O)cc1. The van der Waals surface area contributed by atoms with Gasteiger partial charge in [0, 0.05) is 0 Å². The molecule has 2 aromatic rings. The number of nitrogens with zero attached hydrogens (tertiary/aromatic N) is 1. The van der Waals surface area contributed by atoms with Crippen LogP contribution in [0, 0.1) is 0 Å². The van der Waals surface area contributed by atoms with Gasteiger partial charge in [-0.05, 0) is 36.1 Å². The van der Waals surface area contributed by atoms with Crippen molar-refractivity contribution in [2.75, 3.05) is 0 Å². The Balaban J connectivity index is 1.67. The van der Waals surface area contributed by atoms with E-state index in [4.69, 9.17) is 16.6 Å². The normalized spacial score (nSPS) is 18.2. The molecule has 22 heavy (non-hydrogen) atoms. The highest BCUT2D eigenvalue weighted by atomic mass is 32.2. The lowest BCUT2D eigenvalue weighted by Crippen LogP contribution is -2.31. The van der Waals surface area contributed by atoms with Crippen LogP contribution < -0.4 is 0 Å². The highest BCUT2D eigenvalue weighted by Gasteiger charge is 2.37. The molecule has 1 aromatic carbocycles. The molecule has 3 nitrogen and oxygen atoms in total. The van der Waals surface area contributed by atoms with Crippen LogP contribution in [0.5, 0.6) is 0 Å². The molecule has 0 spiro atoms. The van der Waals surface area contributed by atoms with Crippen molar-refractivity contribution in [3.8, 4) is 0 Å². The Hall–Kier alpha value is -1.59. The second-order valence-corrected chi connectivity index (χ2v) is 7.09. The zero-order valence-corrected chi connectivity index (χ0v) is 14.0. The summed E-state index contributed by atoms with van der Waals surface area (Å²) < 4.78 is 5.94. The van der Waals surface area contributed by atoms with Gasteiger partial charge in [-0.1, -0.05) is 55.2 Å². The average molecular weight is 331 g/mol. The zero-order valence-electron chi connectivity index (χ0n) is 12.3. The molecule has 1 fully saturated rings. The van der Waals surface area contributed by atoms with Crippen LogP contribution in [0.4, 0.5) is 0 Å². The Kier molecular flexibility index (Phi) is 4.64. The number of rotatable bonds is 5. The maximum Gasteiger partial charge on any atom is 0.242 e. The topological polar surface area (TPSA) is 33.5 Å². The Labute approximate surface area is 139 Å². The maximum atomic E-state index is 12.5. The van der Waals surface area contributed by atoms with Gasteiger partial charge in [0.15, 0.2) is 0 Å². The Bertz CT molecular complexity index is 664. The smallest absolute Gasteiger partial charge is 0.242 e. The van der Waals surface area contributed by atoms with Crippen molar-refractivity contribution in [1.82, 2.24) is 4.90 Å². The van der Waals surface area contributed by atoms with Crippen LogP contribution in [0.15, 0.2) is 47.1 Å². The Morgan fingerprint density at radius 2 is 1.95 bits per heavy atom. The van der Waals surface area contributed by atoms with Crippen LogP contribution >= 0.6 is 24.0 Å². The third-order valence-corrected chi connectivity index (χ3v) is 5.34. The first-order chi connectivity index (χ1) is 10.7. The van der Waals surface area contributed by atoms with E-state index in [-0.39, 0.29) is 11.2 Å². The minimum absolute atomic E-state index is 0.0750. The number of benzene rings is 1. The van der Waals surface area contributed by atoms with Gasteiger partial charge in [0.25, 0.3) is 0 Å². The van der Waals surface area contributed by atoms with Gasteiger partial charge < -0.3 is 4.42 Å². The zero-order chi connectivity index (χ0) is 15.5. The second-order valence-electron chi connectivity index (χ2n) is 5.25. The predicted molar refractivity (Wildman–Crippen MR) is 92.8 cm³/mol. The molecule has 1 aromatic heterocycles. The predicted octanol–water partition coefficient (Wildman–Crippen LogP) is 3.81. The molecule has 0 bridgehead atoms. The molecule has 1 aliphatic heterocycles. The van der Waals surface area contributed by atoms with E-state index < -0.39 is 0 Å². The lowest BCUT2D eigenvalue weighted by atomic mass is 10.1. The molecule has 3 rings (SSSR count). The third kappa shape index (κ3) is 3.25. The van der Waals surface area contributed by atoms with E-state index in [9.17, 15) is 4.79 Å². The van der Waals surface area contributed by atoms with Gasteiger partial charge in [-0.3, -0.25) is 9.69 Å². The van der Waals surface area contributed by atoms with E-state index >= 15 is 0 Å². The van der Waals surface area contributed by atoms with Crippen molar-refractivity contribution in [1.29, 1.82) is 0 Å². The van der Waals surface area contributed by atoms with Crippen LogP contribution in [0.3, 0.4) is 0 Å². The Morgan fingerprint density at radius 1 is 1.23 bits per heavy atom. The fourth-order valence-corrected chi connectivity index (χ4v) is 3.99. The van der Waals surface area contributed by atoms with E-state index in [1.54, 1.807) is 11.2 Å². The molecule has 2 heterocycles. The monoisotopic (exact) mass is 331 g/mol. The molecule has 1 saturated heterocycles. The van der Waals surface area contributed by atoms with Crippen LogP contribution in [0.1, 0.15) is 23.8 Å².